The van der Waals surface area contributed by atoms with E-state index in [-0.39, 0.29) is 17.6 Å². The molecule has 0 aromatic carbocycles. The predicted octanol–water partition coefficient (Wildman–Crippen LogP) is 3.14. The molecule has 4 unspecified atom stereocenters. The van der Waals surface area contributed by atoms with Gasteiger partial charge in [-0.25, -0.2) is 0 Å². The van der Waals surface area contributed by atoms with Gasteiger partial charge in [-0.05, 0) is 80.0 Å². The molecule has 4 rings (SSSR count). The minimum atomic E-state index is -0.199. The van der Waals surface area contributed by atoms with Gasteiger partial charge in [0.25, 0.3) is 0 Å². The van der Waals surface area contributed by atoms with Crippen molar-refractivity contribution in [3.05, 3.63) is 12.2 Å². The highest BCUT2D eigenvalue weighted by Gasteiger charge is 2.56. The van der Waals surface area contributed by atoms with Crippen molar-refractivity contribution in [1.29, 1.82) is 0 Å². The molecule has 2 nitrogen and oxygen atoms in total. The minimum Gasteiger partial charge on any atom is -0.393 e. The highest BCUT2D eigenvalue weighted by Crippen LogP contribution is 2.61. The van der Waals surface area contributed by atoms with Crippen LogP contribution in [0.4, 0.5) is 0 Å². The fourth-order valence-electron chi connectivity index (χ4n) is 6.35. The van der Waals surface area contributed by atoms with Crippen molar-refractivity contribution < 1.29 is 10.2 Å². The third kappa shape index (κ3) is 1.77. The average Bonchev–Trinajstić information content (AvgIpc) is 2.74. The van der Waals surface area contributed by atoms with E-state index in [9.17, 15) is 10.2 Å². The van der Waals surface area contributed by atoms with Gasteiger partial charge in [0.05, 0.1) is 12.2 Å². The second-order valence-corrected chi connectivity index (χ2v) is 8.17. The molecule has 4 aliphatic carbocycles. The first kappa shape index (κ1) is 13.3. The Bertz CT molecular complexity index is 418. The molecule has 0 aliphatic heterocycles. The molecule has 2 heteroatoms. The standard InChI is InChI=1S/C18H28O2/c1-18-9-8-14-13-5-3-12(19)10-11(13)2-4-15(14)16(18)6-7-17(18)20/h3,5,11-17,19-20H,2,4,6-10H2,1H3/t11-,12-,13?,14?,15?,16?,17-,18-/m0/s1. The summed E-state index contributed by atoms with van der Waals surface area (Å²) in [7, 11) is 0. The first-order valence-electron chi connectivity index (χ1n) is 8.64. The Kier molecular flexibility index (Phi) is 3.05. The lowest BCUT2D eigenvalue weighted by atomic mass is 9.51. The Morgan fingerprint density at radius 2 is 1.80 bits per heavy atom. The molecule has 0 aromatic rings. The fourth-order valence-corrected chi connectivity index (χ4v) is 6.35. The summed E-state index contributed by atoms with van der Waals surface area (Å²) >= 11 is 0. The van der Waals surface area contributed by atoms with Gasteiger partial charge in [-0.2, -0.15) is 0 Å². The Labute approximate surface area is 122 Å². The Morgan fingerprint density at radius 1 is 0.950 bits per heavy atom. The van der Waals surface area contributed by atoms with Crippen molar-refractivity contribution in [3.8, 4) is 0 Å². The molecule has 0 heterocycles. The van der Waals surface area contributed by atoms with E-state index in [4.69, 9.17) is 0 Å². The molecule has 0 radical (unpaired) electrons. The van der Waals surface area contributed by atoms with E-state index in [1.165, 1.54) is 32.1 Å². The van der Waals surface area contributed by atoms with E-state index in [0.29, 0.717) is 11.8 Å². The van der Waals surface area contributed by atoms with Gasteiger partial charge in [0.1, 0.15) is 0 Å². The third-order valence-corrected chi connectivity index (χ3v) is 7.45. The van der Waals surface area contributed by atoms with Crippen LogP contribution in [0.3, 0.4) is 0 Å². The molecule has 0 aromatic heterocycles. The maximum atomic E-state index is 10.4. The zero-order valence-corrected chi connectivity index (χ0v) is 12.5. The number of aliphatic hydroxyl groups is 2. The molecule has 3 fully saturated rings. The van der Waals surface area contributed by atoms with Gasteiger partial charge in [-0.1, -0.05) is 19.1 Å². The topological polar surface area (TPSA) is 40.5 Å². The largest absolute Gasteiger partial charge is 0.393 e. The minimum absolute atomic E-state index is 0.0603. The van der Waals surface area contributed by atoms with Gasteiger partial charge < -0.3 is 10.2 Å². The summed E-state index contributed by atoms with van der Waals surface area (Å²) in [4.78, 5) is 0. The van der Waals surface area contributed by atoms with Gasteiger partial charge in [0, 0.05) is 0 Å². The summed E-state index contributed by atoms with van der Waals surface area (Å²) < 4.78 is 0. The van der Waals surface area contributed by atoms with Crippen LogP contribution in [0.25, 0.3) is 0 Å². The van der Waals surface area contributed by atoms with Crippen LogP contribution >= 0.6 is 0 Å². The van der Waals surface area contributed by atoms with Gasteiger partial charge in [0.2, 0.25) is 0 Å². The van der Waals surface area contributed by atoms with Crippen molar-refractivity contribution in [2.24, 2.45) is 35.0 Å². The molecule has 0 bridgehead atoms. The second-order valence-electron chi connectivity index (χ2n) is 8.17. The van der Waals surface area contributed by atoms with Crippen LogP contribution < -0.4 is 0 Å². The molecule has 0 saturated heterocycles. The third-order valence-electron chi connectivity index (χ3n) is 7.45. The van der Waals surface area contributed by atoms with Crippen molar-refractivity contribution in [1.82, 2.24) is 0 Å². The van der Waals surface area contributed by atoms with Crippen molar-refractivity contribution in [2.45, 2.75) is 64.1 Å². The molecule has 8 atom stereocenters. The van der Waals surface area contributed by atoms with Gasteiger partial charge in [-0.3, -0.25) is 0 Å². The van der Waals surface area contributed by atoms with Crippen molar-refractivity contribution >= 4 is 0 Å². The molecule has 20 heavy (non-hydrogen) atoms. The lowest BCUT2D eigenvalue weighted by Crippen LogP contribution is -2.48. The van der Waals surface area contributed by atoms with Crippen LogP contribution in [-0.2, 0) is 0 Å². The quantitative estimate of drug-likeness (QED) is 0.667. The number of aliphatic hydroxyl groups excluding tert-OH is 2. The monoisotopic (exact) mass is 276 g/mol. The summed E-state index contributed by atoms with van der Waals surface area (Å²) in [6, 6.07) is 0. The molecule has 4 aliphatic rings. The number of rotatable bonds is 0. The van der Waals surface area contributed by atoms with Crippen LogP contribution in [0.2, 0.25) is 0 Å². The summed E-state index contributed by atoms with van der Waals surface area (Å²) in [6.07, 6.45) is 12.5. The van der Waals surface area contributed by atoms with E-state index in [2.05, 4.69) is 13.0 Å². The smallest absolute Gasteiger partial charge is 0.0723 e. The number of fused-ring (bicyclic) bond motifs is 5. The maximum Gasteiger partial charge on any atom is 0.0723 e. The van der Waals surface area contributed by atoms with Gasteiger partial charge in [0.15, 0.2) is 0 Å². The zero-order valence-electron chi connectivity index (χ0n) is 12.5. The van der Waals surface area contributed by atoms with E-state index in [0.717, 1.165) is 30.6 Å². The summed E-state index contributed by atoms with van der Waals surface area (Å²) in [5.74, 6) is 3.82. The van der Waals surface area contributed by atoms with Crippen molar-refractivity contribution in [3.63, 3.8) is 0 Å². The normalized spacial score (nSPS) is 57.9. The molecule has 0 amide bonds. The summed E-state index contributed by atoms with van der Waals surface area (Å²) in [5.41, 5.74) is 0.200. The maximum absolute atomic E-state index is 10.4. The summed E-state index contributed by atoms with van der Waals surface area (Å²) in [5, 5.41) is 20.2. The van der Waals surface area contributed by atoms with Crippen LogP contribution in [0.15, 0.2) is 12.2 Å². The zero-order chi connectivity index (χ0) is 13.9. The first-order chi connectivity index (χ1) is 9.59. The van der Waals surface area contributed by atoms with Crippen LogP contribution in [0.5, 0.6) is 0 Å². The van der Waals surface area contributed by atoms with E-state index >= 15 is 0 Å². The lowest BCUT2D eigenvalue weighted by molar-refractivity contribution is -0.0703. The number of hydrogen-bond donors (Lipinski definition) is 2. The highest BCUT2D eigenvalue weighted by atomic mass is 16.3. The fraction of sp³-hybridized carbons (Fsp3) is 0.889. The van der Waals surface area contributed by atoms with E-state index in [1.54, 1.807) is 0 Å². The molecular formula is C18H28O2. The van der Waals surface area contributed by atoms with Gasteiger partial charge in [-0.15, -0.1) is 0 Å². The van der Waals surface area contributed by atoms with Gasteiger partial charge >= 0.3 is 0 Å². The average molecular weight is 276 g/mol. The van der Waals surface area contributed by atoms with Crippen LogP contribution in [-0.4, -0.2) is 22.4 Å². The van der Waals surface area contributed by atoms with E-state index in [1.807, 2.05) is 6.08 Å². The van der Waals surface area contributed by atoms with Crippen molar-refractivity contribution in [2.75, 3.05) is 0 Å². The Hall–Kier alpha value is -0.340. The number of allylic oxidation sites excluding steroid dienone is 1. The first-order valence-corrected chi connectivity index (χ1v) is 8.64. The molecule has 3 saturated carbocycles. The second kappa shape index (κ2) is 4.58. The highest BCUT2D eigenvalue weighted by molar-refractivity contribution is 5.11. The Morgan fingerprint density at radius 3 is 2.65 bits per heavy atom. The van der Waals surface area contributed by atoms with Crippen LogP contribution in [0, 0.1) is 35.0 Å². The lowest BCUT2D eigenvalue weighted by Gasteiger charge is -2.54. The Balaban J connectivity index is 1.61. The van der Waals surface area contributed by atoms with E-state index < -0.39 is 0 Å². The molecule has 112 valence electrons. The molecule has 0 spiro atoms. The molecule has 2 N–H and O–H groups in total. The SMILES string of the molecule is C[C@]12CCC3C(CC[C@H]4C[C@@H](O)C=CC34)C1CC[C@@H]2O. The number of hydrogen-bond acceptors (Lipinski definition) is 2. The summed E-state index contributed by atoms with van der Waals surface area (Å²) in [6.45, 7) is 2.35. The predicted molar refractivity (Wildman–Crippen MR) is 79.0 cm³/mol. The molecular weight excluding hydrogens is 248 g/mol. The van der Waals surface area contributed by atoms with Crippen LogP contribution in [0.1, 0.15) is 51.9 Å².